The SMILES string of the molecule is COC(C)(C)CNc1cc(Cl)nc(SC)n1. The van der Waals surface area contributed by atoms with Crippen LogP contribution in [0.5, 0.6) is 0 Å². The minimum atomic E-state index is -0.239. The van der Waals surface area contributed by atoms with Gasteiger partial charge in [-0.1, -0.05) is 23.4 Å². The van der Waals surface area contributed by atoms with E-state index in [0.717, 1.165) is 5.82 Å². The van der Waals surface area contributed by atoms with Crippen LogP contribution >= 0.6 is 23.4 Å². The lowest BCUT2D eigenvalue weighted by atomic mass is 10.1. The Labute approximate surface area is 105 Å². The fourth-order valence-electron chi connectivity index (χ4n) is 0.954. The van der Waals surface area contributed by atoms with Crippen LogP contribution in [-0.2, 0) is 4.74 Å². The van der Waals surface area contributed by atoms with Gasteiger partial charge in [-0.05, 0) is 20.1 Å². The summed E-state index contributed by atoms with van der Waals surface area (Å²) in [5.74, 6) is 0.717. The first-order valence-corrected chi connectivity index (χ1v) is 6.45. The first-order valence-electron chi connectivity index (χ1n) is 4.84. The second-order valence-corrected chi connectivity index (χ2v) is 5.04. The van der Waals surface area contributed by atoms with Crippen molar-refractivity contribution in [3.63, 3.8) is 0 Å². The molecule has 0 aromatic carbocycles. The van der Waals surface area contributed by atoms with Gasteiger partial charge in [-0.2, -0.15) is 0 Å². The predicted molar refractivity (Wildman–Crippen MR) is 68.4 cm³/mol. The molecule has 0 radical (unpaired) electrons. The number of aromatic nitrogens is 2. The van der Waals surface area contributed by atoms with E-state index >= 15 is 0 Å². The molecule has 0 atom stereocenters. The molecule has 0 spiro atoms. The van der Waals surface area contributed by atoms with Gasteiger partial charge in [0, 0.05) is 19.7 Å². The van der Waals surface area contributed by atoms with Crippen molar-refractivity contribution in [2.45, 2.75) is 24.6 Å². The van der Waals surface area contributed by atoms with Crippen molar-refractivity contribution in [2.75, 3.05) is 25.2 Å². The first kappa shape index (κ1) is 13.5. The molecule has 0 aliphatic rings. The Morgan fingerprint density at radius 2 is 2.19 bits per heavy atom. The van der Waals surface area contributed by atoms with Gasteiger partial charge in [-0.25, -0.2) is 9.97 Å². The Hall–Kier alpha value is -0.520. The van der Waals surface area contributed by atoms with E-state index < -0.39 is 0 Å². The van der Waals surface area contributed by atoms with Gasteiger partial charge in [0.2, 0.25) is 0 Å². The Balaban J connectivity index is 2.70. The summed E-state index contributed by atoms with van der Waals surface area (Å²) in [4.78, 5) is 8.35. The van der Waals surface area contributed by atoms with Crippen molar-refractivity contribution in [3.05, 3.63) is 11.2 Å². The second-order valence-electron chi connectivity index (χ2n) is 3.88. The van der Waals surface area contributed by atoms with Crippen LogP contribution in [0.4, 0.5) is 5.82 Å². The average Bonchev–Trinajstić information content (AvgIpc) is 2.26. The van der Waals surface area contributed by atoms with Crippen molar-refractivity contribution in [3.8, 4) is 0 Å². The summed E-state index contributed by atoms with van der Waals surface area (Å²) in [5.41, 5.74) is -0.239. The van der Waals surface area contributed by atoms with Crippen molar-refractivity contribution >= 4 is 29.2 Å². The number of halogens is 1. The molecule has 0 bridgehead atoms. The highest BCUT2D eigenvalue weighted by Crippen LogP contribution is 2.18. The van der Waals surface area contributed by atoms with Crippen LogP contribution in [0.2, 0.25) is 5.15 Å². The minimum Gasteiger partial charge on any atom is -0.377 e. The molecule has 90 valence electrons. The molecule has 1 N–H and O–H groups in total. The summed E-state index contributed by atoms with van der Waals surface area (Å²) in [6.45, 7) is 4.65. The molecule has 0 fully saturated rings. The van der Waals surface area contributed by atoms with E-state index in [1.165, 1.54) is 11.8 Å². The highest BCUT2D eigenvalue weighted by molar-refractivity contribution is 7.98. The summed E-state index contributed by atoms with van der Waals surface area (Å²) in [6.07, 6.45) is 1.91. The lowest BCUT2D eigenvalue weighted by molar-refractivity contribution is 0.0343. The number of hydrogen-bond donors (Lipinski definition) is 1. The fourth-order valence-corrected chi connectivity index (χ4v) is 1.57. The maximum absolute atomic E-state index is 5.88. The zero-order chi connectivity index (χ0) is 12.2. The summed E-state index contributed by atoms with van der Waals surface area (Å²) < 4.78 is 5.30. The molecule has 1 rings (SSSR count). The van der Waals surface area contributed by atoms with E-state index in [2.05, 4.69) is 15.3 Å². The highest BCUT2D eigenvalue weighted by Gasteiger charge is 2.16. The Morgan fingerprint density at radius 1 is 1.50 bits per heavy atom. The number of thioether (sulfide) groups is 1. The number of nitrogens with one attached hydrogen (secondary N) is 1. The smallest absolute Gasteiger partial charge is 0.190 e. The lowest BCUT2D eigenvalue weighted by Gasteiger charge is -2.23. The van der Waals surface area contributed by atoms with E-state index in [1.807, 2.05) is 20.1 Å². The van der Waals surface area contributed by atoms with Crippen LogP contribution in [0.3, 0.4) is 0 Å². The largest absolute Gasteiger partial charge is 0.377 e. The van der Waals surface area contributed by atoms with Gasteiger partial charge in [-0.15, -0.1) is 0 Å². The number of ether oxygens (including phenoxy) is 1. The maximum Gasteiger partial charge on any atom is 0.190 e. The van der Waals surface area contributed by atoms with E-state index in [9.17, 15) is 0 Å². The van der Waals surface area contributed by atoms with Crippen LogP contribution in [0.1, 0.15) is 13.8 Å². The zero-order valence-electron chi connectivity index (χ0n) is 9.87. The molecule has 6 heteroatoms. The van der Waals surface area contributed by atoms with Gasteiger partial charge in [0.25, 0.3) is 0 Å². The molecule has 0 unspecified atom stereocenters. The van der Waals surface area contributed by atoms with Gasteiger partial charge < -0.3 is 10.1 Å². The molecule has 0 saturated heterocycles. The van der Waals surface area contributed by atoms with E-state index in [1.54, 1.807) is 13.2 Å². The number of hydrogen-bond acceptors (Lipinski definition) is 5. The number of methoxy groups -OCH3 is 1. The van der Waals surface area contributed by atoms with Crippen molar-refractivity contribution < 1.29 is 4.74 Å². The molecule has 4 nitrogen and oxygen atoms in total. The topological polar surface area (TPSA) is 47.0 Å². The molecule has 0 amide bonds. The normalized spacial score (nSPS) is 11.6. The van der Waals surface area contributed by atoms with Crippen molar-refractivity contribution in [1.82, 2.24) is 9.97 Å². The quantitative estimate of drug-likeness (QED) is 0.502. The molecule has 1 heterocycles. The lowest BCUT2D eigenvalue weighted by Crippen LogP contribution is -2.32. The highest BCUT2D eigenvalue weighted by atomic mass is 35.5. The van der Waals surface area contributed by atoms with Gasteiger partial charge in [0.05, 0.1) is 5.60 Å². The van der Waals surface area contributed by atoms with Crippen molar-refractivity contribution in [2.24, 2.45) is 0 Å². The third-order valence-corrected chi connectivity index (χ3v) is 2.85. The van der Waals surface area contributed by atoms with Crippen LogP contribution in [-0.4, -0.2) is 35.5 Å². The van der Waals surface area contributed by atoms with Crippen LogP contribution < -0.4 is 5.32 Å². The third-order valence-electron chi connectivity index (χ3n) is 2.10. The van der Waals surface area contributed by atoms with E-state index in [-0.39, 0.29) is 5.60 Å². The minimum absolute atomic E-state index is 0.239. The summed E-state index contributed by atoms with van der Waals surface area (Å²) in [5, 5.41) is 4.28. The Kier molecular flexibility index (Phi) is 4.83. The molecule has 1 aromatic rings. The van der Waals surface area contributed by atoms with Crippen LogP contribution in [0.25, 0.3) is 0 Å². The number of anilines is 1. The molecular formula is C10H16ClN3OS. The first-order chi connectivity index (χ1) is 7.46. The molecular weight excluding hydrogens is 246 g/mol. The molecule has 0 aliphatic heterocycles. The zero-order valence-corrected chi connectivity index (χ0v) is 11.4. The third kappa shape index (κ3) is 4.15. The van der Waals surface area contributed by atoms with Crippen LogP contribution in [0, 0.1) is 0 Å². The predicted octanol–water partition coefficient (Wildman–Crippen LogP) is 2.69. The van der Waals surface area contributed by atoms with E-state index in [0.29, 0.717) is 16.9 Å². The second kappa shape index (κ2) is 5.70. The molecule has 0 saturated carbocycles. The Bertz CT molecular complexity index is 360. The fraction of sp³-hybridized carbons (Fsp3) is 0.600. The number of nitrogens with zero attached hydrogens (tertiary/aromatic N) is 2. The van der Waals surface area contributed by atoms with Crippen LogP contribution in [0.15, 0.2) is 11.2 Å². The van der Waals surface area contributed by atoms with Crippen molar-refractivity contribution in [1.29, 1.82) is 0 Å². The van der Waals surface area contributed by atoms with Gasteiger partial charge in [0.15, 0.2) is 5.16 Å². The molecule has 0 aliphatic carbocycles. The standard InChI is InChI=1S/C10H16ClN3OS/c1-10(2,15-3)6-12-8-5-7(11)13-9(14-8)16-4/h5H,6H2,1-4H3,(H,12,13,14). The summed E-state index contributed by atoms with van der Waals surface area (Å²) in [7, 11) is 1.68. The molecule has 16 heavy (non-hydrogen) atoms. The number of rotatable bonds is 5. The maximum atomic E-state index is 5.88. The molecule has 1 aromatic heterocycles. The van der Waals surface area contributed by atoms with Gasteiger partial charge in [-0.3, -0.25) is 0 Å². The van der Waals surface area contributed by atoms with E-state index in [4.69, 9.17) is 16.3 Å². The monoisotopic (exact) mass is 261 g/mol. The van der Waals surface area contributed by atoms with Gasteiger partial charge in [0.1, 0.15) is 11.0 Å². The Morgan fingerprint density at radius 3 is 2.75 bits per heavy atom. The summed E-state index contributed by atoms with van der Waals surface area (Å²) >= 11 is 7.34. The average molecular weight is 262 g/mol. The van der Waals surface area contributed by atoms with Gasteiger partial charge >= 0.3 is 0 Å². The summed E-state index contributed by atoms with van der Waals surface area (Å²) in [6, 6.07) is 1.70.